The summed E-state index contributed by atoms with van der Waals surface area (Å²) >= 11 is 8.63. The maximum atomic E-state index is 11.5. The van der Waals surface area contributed by atoms with Crippen molar-refractivity contribution in [2.75, 3.05) is 0 Å². The van der Waals surface area contributed by atoms with E-state index in [-0.39, 0.29) is 4.77 Å². The van der Waals surface area contributed by atoms with E-state index < -0.39 is 11.2 Å². The van der Waals surface area contributed by atoms with Crippen molar-refractivity contribution in [3.05, 3.63) is 34.9 Å². The average Bonchev–Trinajstić information content (AvgIpc) is 2.63. The van der Waals surface area contributed by atoms with Crippen molar-refractivity contribution in [2.45, 2.75) is 6.04 Å². The Morgan fingerprint density at radius 1 is 1.47 bits per heavy atom. The lowest BCUT2D eigenvalue weighted by Crippen LogP contribution is -2.20. The summed E-state index contributed by atoms with van der Waals surface area (Å²) in [6, 6.07) is 4.16. The van der Waals surface area contributed by atoms with Gasteiger partial charge in [0.15, 0.2) is 6.04 Å². The van der Waals surface area contributed by atoms with Crippen LogP contribution in [-0.2, 0) is 4.79 Å². The lowest BCUT2D eigenvalue weighted by atomic mass is 10.2. The predicted octanol–water partition coefficient (Wildman–Crippen LogP) is 0.487. The summed E-state index contributed by atoms with van der Waals surface area (Å²) in [5.41, 5.74) is 0.420. The van der Waals surface area contributed by atoms with Gasteiger partial charge in [0.05, 0.1) is 5.69 Å². The van der Waals surface area contributed by atoms with Gasteiger partial charge in [-0.1, -0.05) is 10.9 Å². The molecule has 9 heteroatoms. The van der Waals surface area contributed by atoms with E-state index in [0.29, 0.717) is 10.5 Å². The molecular weight excluding hydrogens is 262 g/mol. The van der Waals surface area contributed by atoms with Crippen molar-refractivity contribution < 1.29 is 10.0 Å². The monoisotopic (exact) mass is 269 g/mol. The largest absolute Gasteiger partial charge is 0.408 e. The topological polar surface area (TPSA) is 85.8 Å². The Labute approximate surface area is 106 Å². The Morgan fingerprint density at radius 3 is 2.71 bits per heavy atom. The molecule has 0 aliphatic heterocycles. The SMILES string of the molecule is O=C(S)C(c1ccccn1)n1nnn(O)c1=S. The number of carbonyl (C=O) groups is 1. The van der Waals surface area contributed by atoms with Gasteiger partial charge in [0, 0.05) is 6.20 Å². The van der Waals surface area contributed by atoms with Crippen LogP contribution in [0.2, 0.25) is 0 Å². The van der Waals surface area contributed by atoms with E-state index >= 15 is 0 Å². The van der Waals surface area contributed by atoms with Gasteiger partial charge in [-0.2, -0.15) is 4.68 Å². The summed E-state index contributed by atoms with van der Waals surface area (Å²) in [7, 11) is 0. The van der Waals surface area contributed by atoms with E-state index in [2.05, 4.69) is 28.0 Å². The summed E-state index contributed by atoms with van der Waals surface area (Å²) in [4.78, 5) is 15.9. The number of carbonyl (C=O) groups excluding carboxylic acids is 1. The lowest BCUT2D eigenvalue weighted by molar-refractivity contribution is -0.113. The highest BCUT2D eigenvalue weighted by Gasteiger charge is 2.24. The molecule has 0 radical (unpaired) electrons. The molecule has 0 spiro atoms. The molecule has 0 aliphatic rings. The molecule has 0 amide bonds. The zero-order valence-corrected chi connectivity index (χ0v) is 10.0. The molecule has 1 atom stereocenters. The van der Waals surface area contributed by atoms with Crippen LogP contribution >= 0.6 is 24.8 Å². The molecular formula is C8H7N5O2S2. The molecule has 2 rings (SSSR count). The van der Waals surface area contributed by atoms with E-state index in [1.54, 1.807) is 18.2 Å². The maximum Gasteiger partial charge on any atom is 0.256 e. The molecule has 0 aromatic carbocycles. The molecule has 0 saturated carbocycles. The Bertz CT molecular complexity index is 593. The van der Waals surface area contributed by atoms with Gasteiger partial charge >= 0.3 is 0 Å². The fourth-order valence-corrected chi connectivity index (χ4v) is 1.73. The quantitative estimate of drug-likeness (QED) is 0.479. The van der Waals surface area contributed by atoms with Crippen molar-refractivity contribution in [1.29, 1.82) is 0 Å². The first kappa shape index (κ1) is 11.7. The molecule has 0 fully saturated rings. The predicted molar refractivity (Wildman–Crippen MR) is 62.4 cm³/mol. The maximum absolute atomic E-state index is 11.5. The van der Waals surface area contributed by atoms with Crippen molar-refractivity contribution in [3.8, 4) is 0 Å². The summed E-state index contributed by atoms with van der Waals surface area (Å²) < 4.78 is 0.968. The number of nitrogens with zero attached hydrogens (tertiary/aromatic N) is 5. The third-order valence-electron chi connectivity index (χ3n) is 2.03. The van der Waals surface area contributed by atoms with Crippen LogP contribution in [0.4, 0.5) is 0 Å². The Hall–Kier alpha value is -1.74. The van der Waals surface area contributed by atoms with Gasteiger partial charge < -0.3 is 5.21 Å². The summed E-state index contributed by atoms with van der Waals surface area (Å²) in [5.74, 6) is 0. The first-order chi connectivity index (χ1) is 8.11. The molecule has 0 saturated heterocycles. The van der Waals surface area contributed by atoms with Gasteiger partial charge in [0.2, 0.25) is 5.12 Å². The second kappa shape index (κ2) is 4.63. The van der Waals surface area contributed by atoms with Gasteiger partial charge in [-0.05, 0) is 34.8 Å². The molecule has 7 nitrogen and oxygen atoms in total. The summed E-state index contributed by atoms with van der Waals surface area (Å²) in [6.07, 6.45) is 1.53. The minimum Gasteiger partial charge on any atom is -0.408 e. The highest BCUT2D eigenvalue weighted by molar-refractivity contribution is 7.96. The summed E-state index contributed by atoms with van der Waals surface area (Å²) in [5, 5.41) is 15.6. The zero-order valence-electron chi connectivity index (χ0n) is 8.33. The smallest absolute Gasteiger partial charge is 0.256 e. The number of thiol groups is 1. The van der Waals surface area contributed by atoms with Gasteiger partial charge in [-0.3, -0.25) is 9.78 Å². The normalized spacial score (nSPS) is 12.3. The van der Waals surface area contributed by atoms with Crippen LogP contribution in [0.25, 0.3) is 0 Å². The molecule has 17 heavy (non-hydrogen) atoms. The fraction of sp³-hybridized carbons (Fsp3) is 0.125. The van der Waals surface area contributed by atoms with Crippen LogP contribution in [0.3, 0.4) is 0 Å². The molecule has 0 aliphatic carbocycles. The average molecular weight is 269 g/mol. The van der Waals surface area contributed by atoms with Gasteiger partial charge in [-0.25, -0.2) is 0 Å². The van der Waals surface area contributed by atoms with E-state index in [4.69, 9.17) is 12.2 Å². The molecule has 88 valence electrons. The second-order valence-electron chi connectivity index (χ2n) is 3.09. The first-order valence-corrected chi connectivity index (χ1v) is 5.34. The minimum absolute atomic E-state index is 0.108. The summed E-state index contributed by atoms with van der Waals surface area (Å²) in [6.45, 7) is 0. The standard InChI is InChI=1S/C8H7N5O2S2/c14-7(16)6(5-3-1-2-4-9-5)12-8(17)13(15)11-10-12/h1-4,6,15H,(H,14,16). The van der Waals surface area contributed by atoms with Gasteiger partial charge in [-0.15, -0.1) is 12.6 Å². The minimum atomic E-state index is -0.909. The van der Waals surface area contributed by atoms with Crippen LogP contribution in [0.15, 0.2) is 24.4 Å². The number of pyridine rings is 1. The molecule has 2 aromatic heterocycles. The van der Waals surface area contributed by atoms with E-state index in [9.17, 15) is 10.0 Å². The number of aromatic nitrogens is 5. The fourth-order valence-electron chi connectivity index (χ4n) is 1.31. The Morgan fingerprint density at radius 2 is 2.24 bits per heavy atom. The third kappa shape index (κ3) is 2.19. The third-order valence-corrected chi connectivity index (χ3v) is 2.63. The second-order valence-corrected chi connectivity index (χ2v) is 3.90. The van der Waals surface area contributed by atoms with Crippen molar-refractivity contribution in [3.63, 3.8) is 0 Å². The lowest BCUT2D eigenvalue weighted by Gasteiger charge is -2.10. The van der Waals surface area contributed by atoms with Crippen molar-refractivity contribution in [1.82, 2.24) is 24.9 Å². The van der Waals surface area contributed by atoms with Crippen molar-refractivity contribution in [2.24, 2.45) is 0 Å². The number of tetrazole rings is 1. The van der Waals surface area contributed by atoms with E-state index in [1.807, 2.05) is 0 Å². The molecule has 1 N–H and O–H groups in total. The number of hydrogen-bond acceptors (Lipinski definition) is 6. The number of rotatable bonds is 3. The Balaban J connectivity index is 2.55. The van der Waals surface area contributed by atoms with Crippen LogP contribution in [0.5, 0.6) is 0 Å². The van der Waals surface area contributed by atoms with E-state index in [0.717, 1.165) is 4.68 Å². The van der Waals surface area contributed by atoms with Gasteiger partial charge in [0.25, 0.3) is 4.77 Å². The molecule has 0 bridgehead atoms. The highest BCUT2D eigenvalue weighted by Crippen LogP contribution is 2.17. The van der Waals surface area contributed by atoms with Crippen LogP contribution < -0.4 is 0 Å². The van der Waals surface area contributed by atoms with Gasteiger partial charge in [0.1, 0.15) is 0 Å². The van der Waals surface area contributed by atoms with E-state index in [1.165, 1.54) is 6.20 Å². The number of hydrogen-bond donors (Lipinski definition) is 2. The zero-order chi connectivity index (χ0) is 12.4. The molecule has 2 aromatic rings. The van der Waals surface area contributed by atoms with Crippen LogP contribution in [0.1, 0.15) is 11.7 Å². The molecule has 1 unspecified atom stereocenters. The Kier molecular flexibility index (Phi) is 3.20. The van der Waals surface area contributed by atoms with Crippen molar-refractivity contribution >= 4 is 30.0 Å². The molecule has 2 heterocycles. The van der Waals surface area contributed by atoms with Crippen LogP contribution in [0, 0.1) is 4.77 Å². The first-order valence-electron chi connectivity index (χ1n) is 4.49. The van der Waals surface area contributed by atoms with Crippen LogP contribution in [-0.4, -0.2) is 35.3 Å². The highest BCUT2D eigenvalue weighted by atomic mass is 32.1.